The fourth-order valence-corrected chi connectivity index (χ4v) is 4.82. The van der Waals surface area contributed by atoms with Crippen LogP contribution in [0.2, 0.25) is 0 Å². The van der Waals surface area contributed by atoms with Crippen LogP contribution in [0.4, 0.5) is 0 Å². The fourth-order valence-electron chi connectivity index (χ4n) is 4.82. The summed E-state index contributed by atoms with van der Waals surface area (Å²) in [7, 11) is 1.53. The van der Waals surface area contributed by atoms with Crippen molar-refractivity contribution in [1.29, 1.82) is 0 Å². The number of phenolic OH excluding ortho intramolecular Hbond substituents is 3. The number of piperidine rings is 2. The van der Waals surface area contributed by atoms with Crippen LogP contribution in [0.25, 0.3) is 6.08 Å². The normalized spacial score (nSPS) is 23.6. The van der Waals surface area contributed by atoms with Gasteiger partial charge in [-0.2, -0.15) is 0 Å². The van der Waals surface area contributed by atoms with Crippen LogP contribution >= 0.6 is 0 Å². The molecule has 32 heavy (non-hydrogen) atoms. The molecule has 4 rings (SSSR count). The van der Waals surface area contributed by atoms with Crippen molar-refractivity contribution >= 4 is 12.0 Å². The van der Waals surface area contributed by atoms with E-state index in [9.17, 15) is 20.1 Å². The van der Waals surface area contributed by atoms with Crippen LogP contribution in [0.3, 0.4) is 0 Å². The van der Waals surface area contributed by atoms with E-state index in [-0.39, 0.29) is 29.4 Å². The number of methoxy groups -OCH3 is 1. The van der Waals surface area contributed by atoms with Crippen molar-refractivity contribution in [3.05, 3.63) is 53.6 Å². The quantitative estimate of drug-likeness (QED) is 0.366. The molecule has 170 valence electrons. The fraction of sp³-hybridized carbons (Fsp3) is 0.400. The number of rotatable bonds is 5. The average Bonchev–Trinajstić information content (AvgIpc) is 2.79. The lowest BCUT2D eigenvalue weighted by Crippen LogP contribution is -2.49. The summed E-state index contributed by atoms with van der Waals surface area (Å²) in [6.45, 7) is 0.993. The van der Waals surface area contributed by atoms with E-state index in [1.807, 2.05) is 6.07 Å². The van der Waals surface area contributed by atoms with Crippen molar-refractivity contribution in [1.82, 2.24) is 4.90 Å². The first-order valence-electron chi connectivity index (χ1n) is 11.0. The monoisotopic (exact) mass is 439 g/mol. The van der Waals surface area contributed by atoms with E-state index in [4.69, 9.17) is 9.47 Å². The van der Waals surface area contributed by atoms with E-state index in [1.165, 1.54) is 25.3 Å². The minimum Gasteiger partial charge on any atom is -0.504 e. The standard InChI is InChI=1S/C25H29NO6/c1-31-24-9-7-17(13-23(24)29)20-15-19(14-18-4-2-3-11-26(18)20)32-25(30)10-6-16-5-8-21(27)22(28)12-16/h5-10,12-13,18-20,27-29H,2-4,11,14-15H2,1H3/b10-6+/t18-,19-,20-/m0/s1. The molecule has 2 aromatic carbocycles. The second kappa shape index (κ2) is 9.53. The Hall–Kier alpha value is -3.19. The molecule has 2 heterocycles. The van der Waals surface area contributed by atoms with Crippen molar-refractivity contribution in [3.8, 4) is 23.0 Å². The number of ether oxygens (including phenoxy) is 2. The van der Waals surface area contributed by atoms with Crippen LogP contribution in [0.5, 0.6) is 23.0 Å². The number of phenols is 3. The Morgan fingerprint density at radius 3 is 2.62 bits per heavy atom. The highest BCUT2D eigenvalue weighted by atomic mass is 16.5. The van der Waals surface area contributed by atoms with Crippen LogP contribution < -0.4 is 4.74 Å². The first-order valence-corrected chi connectivity index (χ1v) is 11.0. The number of hydrogen-bond acceptors (Lipinski definition) is 7. The highest BCUT2D eigenvalue weighted by Crippen LogP contribution is 2.41. The molecule has 2 aliphatic rings. The van der Waals surface area contributed by atoms with E-state index in [0.29, 0.717) is 23.8 Å². The molecule has 0 radical (unpaired) electrons. The molecule has 7 heteroatoms. The summed E-state index contributed by atoms with van der Waals surface area (Å²) in [6, 6.07) is 10.2. The smallest absolute Gasteiger partial charge is 0.331 e. The van der Waals surface area contributed by atoms with Crippen molar-refractivity contribution < 1.29 is 29.6 Å². The van der Waals surface area contributed by atoms with E-state index < -0.39 is 5.97 Å². The summed E-state index contributed by atoms with van der Waals surface area (Å²) >= 11 is 0. The van der Waals surface area contributed by atoms with E-state index in [2.05, 4.69) is 4.90 Å². The summed E-state index contributed by atoms with van der Waals surface area (Å²) in [4.78, 5) is 15.0. The summed E-state index contributed by atoms with van der Waals surface area (Å²) in [5.74, 6) is -0.343. The molecule has 2 aliphatic heterocycles. The summed E-state index contributed by atoms with van der Waals surface area (Å²) in [5.41, 5.74) is 1.58. The highest BCUT2D eigenvalue weighted by molar-refractivity contribution is 5.87. The predicted molar refractivity (Wildman–Crippen MR) is 120 cm³/mol. The molecule has 2 saturated heterocycles. The zero-order chi connectivity index (χ0) is 22.7. The highest BCUT2D eigenvalue weighted by Gasteiger charge is 2.39. The van der Waals surface area contributed by atoms with Gasteiger partial charge in [0.2, 0.25) is 0 Å². The number of carbonyl (C=O) groups excluding carboxylic acids is 1. The molecule has 0 aliphatic carbocycles. The second-order valence-corrected chi connectivity index (χ2v) is 8.45. The molecular weight excluding hydrogens is 410 g/mol. The Kier molecular flexibility index (Phi) is 6.55. The van der Waals surface area contributed by atoms with Crippen molar-refractivity contribution in [2.45, 2.75) is 50.3 Å². The Balaban J connectivity index is 1.48. The lowest BCUT2D eigenvalue weighted by molar-refractivity contribution is -0.148. The number of fused-ring (bicyclic) bond motifs is 1. The molecular formula is C25H29NO6. The van der Waals surface area contributed by atoms with Crippen LogP contribution in [0, 0.1) is 0 Å². The lowest BCUT2D eigenvalue weighted by atomic mass is 9.84. The SMILES string of the molecule is COc1ccc([C@@H]2C[C@@H](OC(=O)/C=C/c3ccc(O)c(O)c3)C[C@@H]3CCCCN32)cc1O. The molecule has 7 nitrogen and oxygen atoms in total. The van der Waals surface area contributed by atoms with Gasteiger partial charge in [-0.3, -0.25) is 4.90 Å². The number of nitrogens with zero attached hydrogens (tertiary/aromatic N) is 1. The van der Waals surface area contributed by atoms with Gasteiger partial charge in [0.05, 0.1) is 7.11 Å². The first-order chi connectivity index (χ1) is 15.4. The topological polar surface area (TPSA) is 99.5 Å². The van der Waals surface area contributed by atoms with Crippen LogP contribution in [-0.2, 0) is 9.53 Å². The number of esters is 1. The lowest BCUT2D eigenvalue weighted by Gasteiger charge is -2.47. The molecule has 2 fully saturated rings. The van der Waals surface area contributed by atoms with Gasteiger partial charge in [-0.25, -0.2) is 4.79 Å². The van der Waals surface area contributed by atoms with Crippen molar-refractivity contribution in [3.63, 3.8) is 0 Å². The summed E-state index contributed by atoms with van der Waals surface area (Å²) < 4.78 is 11.0. The minimum atomic E-state index is -0.442. The van der Waals surface area contributed by atoms with Gasteiger partial charge in [-0.1, -0.05) is 18.6 Å². The predicted octanol–water partition coefficient (Wildman–Crippen LogP) is 4.13. The zero-order valence-corrected chi connectivity index (χ0v) is 18.1. The Bertz CT molecular complexity index is 1000. The summed E-state index contributed by atoms with van der Waals surface area (Å²) in [6.07, 6.45) is 7.47. The Morgan fingerprint density at radius 2 is 1.88 bits per heavy atom. The van der Waals surface area contributed by atoms with E-state index >= 15 is 0 Å². The molecule has 2 aromatic rings. The van der Waals surface area contributed by atoms with Gasteiger partial charge in [-0.05, 0) is 60.9 Å². The number of hydrogen-bond donors (Lipinski definition) is 3. The molecule has 0 aromatic heterocycles. The number of carbonyl (C=O) groups is 1. The van der Waals surface area contributed by atoms with Gasteiger partial charge in [-0.15, -0.1) is 0 Å². The Labute approximate surface area is 187 Å². The second-order valence-electron chi connectivity index (χ2n) is 8.45. The summed E-state index contributed by atoms with van der Waals surface area (Å²) in [5, 5.41) is 29.3. The number of aromatic hydroxyl groups is 3. The molecule has 0 bridgehead atoms. The van der Waals surface area contributed by atoms with Gasteiger partial charge < -0.3 is 24.8 Å². The Morgan fingerprint density at radius 1 is 1.03 bits per heavy atom. The maximum atomic E-state index is 12.5. The molecule has 0 unspecified atom stereocenters. The number of benzene rings is 2. The maximum Gasteiger partial charge on any atom is 0.331 e. The van der Waals surface area contributed by atoms with Gasteiger partial charge >= 0.3 is 5.97 Å². The third kappa shape index (κ3) is 4.83. The third-order valence-electron chi connectivity index (χ3n) is 6.38. The minimum absolute atomic E-state index is 0.0571. The maximum absolute atomic E-state index is 12.5. The molecule has 0 spiro atoms. The zero-order valence-electron chi connectivity index (χ0n) is 18.1. The van der Waals surface area contributed by atoms with E-state index in [0.717, 1.165) is 37.8 Å². The third-order valence-corrected chi connectivity index (χ3v) is 6.38. The van der Waals surface area contributed by atoms with Gasteiger partial charge in [0.25, 0.3) is 0 Å². The van der Waals surface area contributed by atoms with Gasteiger partial charge in [0, 0.05) is 31.0 Å². The van der Waals surface area contributed by atoms with Crippen LogP contribution in [0.1, 0.15) is 49.3 Å². The van der Waals surface area contributed by atoms with Crippen molar-refractivity contribution in [2.75, 3.05) is 13.7 Å². The van der Waals surface area contributed by atoms with Crippen LogP contribution in [0.15, 0.2) is 42.5 Å². The van der Waals surface area contributed by atoms with Gasteiger partial charge in [0.1, 0.15) is 6.10 Å². The largest absolute Gasteiger partial charge is 0.504 e. The van der Waals surface area contributed by atoms with Crippen LogP contribution in [-0.4, -0.2) is 52.0 Å². The van der Waals surface area contributed by atoms with Crippen molar-refractivity contribution in [2.24, 2.45) is 0 Å². The molecule has 0 amide bonds. The molecule has 0 saturated carbocycles. The molecule has 3 N–H and O–H groups in total. The average molecular weight is 440 g/mol. The van der Waals surface area contributed by atoms with Gasteiger partial charge in [0.15, 0.2) is 23.0 Å². The molecule has 3 atom stereocenters. The van der Waals surface area contributed by atoms with E-state index in [1.54, 1.807) is 24.3 Å². The first kappa shape index (κ1) is 22.0.